The highest BCUT2D eigenvalue weighted by molar-refractivity contribution is 5.16. The Bertz CT molecular complexity index is 582. The topological polar surface area (TPSA) is 51.1 Å². The van der Waals surface area contributed by atoms with Crippen LogP contribution >= 0.6 is 0 Å². The third kappa shape index (κ3) is 4.01. The molecule has 1 saturated heterocycles. The van der Waals surface area contributed by atoms with Gasteiger partial charge in [0.1, 0.15) is 17.7 Å². The second-order valence-corrected chi connectivity index (χ2v) is 5.60. The molecule has 0 saturated carbocycles. The summed E-state index contributed by atoms with van der Waals surface area (Å²) in [7, 11) is 0. The van der Waals surface area contributed by atoms with Crippen LogP contribution in [0.15, 0.2) is 36.8 Å². The molecule has 1 aliphatic heterocycles. The quantitative estimate of drug-likeness (QED) is 0.849. The molecule has 0 bridgehead atoms. The molecule has 2 aromatic rings. The van der Waals surface area contributed by atoms with Crippen LogP contribution in [0, 0.1) is 0 Å². The molecule has 0 unspecified atom stereocenters. The van der Waals surface area contributed by atoms with Gasteiger partial charge in [0.05, 0.1) is 11.9 Å². The summed E-state index contributed by atoms with van der Waals surface area (Å²) in [4.78, 5) is 15.4. The molecule has 22 heavy (non-hydrogen) atoms. The lowest BCUT2D eigenvalue weighted by molar-refractivity contribution is 0.0958. The third-order valence-electron chi connectivity index (χ3n) is 3.94. The zero-order valence-corrected chi connectivity index (χ0v) is 13.0. The molecular formula is C17H22N4O. The summed E-state index contributed by atoms with van der Waals surface area (Å²) < 4.78 is 5.98. The lowest BCUT2D eigenvalue weighted by Crippen LogP contribution is -2.38. The molecule has 0 aliphatic carbocycles. The largest absolute Gasteiger partial charge is 0.489 e. The Morgan fingerprint density at radius 3 is 2.82 bits per heavy atom. The van der Waals surface area contributed by atoms with Crippen LogP contribution in [0.2, 0.25) is 0 Å². The predicted molar refractivity (Wildman–Crippen MR) is 84.6 cm³/mol. The molecule has 0 N–H and O–H groups in total. The van der Waals surface area contributed by atoms with Crippen molar-refractivity contribution in [3.8, 4) is 5.75 Å². The number of ether oxygens (including phenoxy) is 1. The average molecular weight is 298 g/mol. The molecule has 1 fully saturated rings. The van der Waals surface area contributed by atoms with Gasteiger partial charge in [-0.2, -0.15) is 0 Å². The smallest absolute Gasteiger partial charge is 0.137 e. The number of aromatic nitrogens is 3. The van der Waals surface area contributed by atoms with Gasteiger partial charge in [-0.15, -0.1) is 0 Å². The van der Waals surface area contributed by atoms with E-state index in [1.807, 2.05) is 24.4 Å². The number of hydrogen-bond acceptors (Lipinski definition) is 5. The van der Waals surface area contributed by atoms with E-state index in [1.165, 1.54) is 0 Å². The number of rotatable bonds is 5. The second kappa shape index (κ2) is 7.31. The molecule has 1 aliphatic rings. The summed E-state index contributed by atoms with van der Waals surface area (Å²) in [6, 6.07) is 5.88. The van der Waals surface area contributed by atoms with Gasteiger partial charge in [-0.25, -0.2) is 9.97 Å². The van der Waals surface area contributed by atoms with Gasteiger partial charge in [-0.05, 0) is 31.0 Å². The normalized spacial score (nSPS) is 16.6. The fourth-order valence-corrected chi connectivity index (χ4v) is 2.72. The summed E-state index contributed by atoms with van der Waals surface area (Å²) in [5.41, 5.74) is 1.11. The Kier molecular flexibility index (Phi) is 4.96. The summed E-state index contributed by atoms with van der Waals surface area (Å²) in [6.45, 7) is 5.06. The van der Waals surface area contributed by atoms with Crippen molar-refractivity contribution in [3.05, 3.63) is 48.3 Å². The summed E-state index contributed by atoms with van der Waals surface area (Å²) in [5.74, 6) is 1.79. The van der Waals surface area contributed by atoms with Crippen molar-refractivity contribution in [2.75, 3.05) is 13.1 Å². The first-order valence-electron chi connectivity index (χ1n) is 7.93. The molecule has 0 aromatic carbocycles. The maximum Gasteiger partial charge on any atom is 0.137 e. The first kappa shape index (κ1) is 14.9. The van der Waals surface area contributed by atoms with E-state index in [2.05, 4.69) is 26.8 Å². The number of hydrogen-bond donors (Lipinski definition) is 0. The van der Waals surface area contributed by atoms with Crippen molar-refractivity contribution in [1.82, 2.24) is 19.9 Å². The molecule has 0 amide bonds. The SMILES string of the molecule is CCc1nccc(CN2CCC(Oc3cccnc3)CC2)n1. The van der Waals surface area contributed by atoms with Crippen LogP contribution in [0.1, 0.15) is 31.3 Å². The molecule has 0 atom stereocenters. The van der Waals surface area contributed by atoms with Gasteiger partial charge in [-0.1, -0.05) is 6.92 Å². The van der Waals surface area contributed by atoms with Crippen molar-refractivity contribution >= 4 is 0 Å². The standard InChI is InChI=1S/C17H22N4O/c1-2-17-19-9-5-14(20-17)13-21-10-6-15(7-11-21)22-16-4-3-8-18-12-16/h3-5,8-9,12,15H,2,6-7,10-11,13H2,1H3. The van der Waals surface area contributed by atoms with Gasteiger partial charge in [0.25, 0.3) is 0 Å². The van der Waals surface area contributed by atoms with Crippen LogP contribution in [0.5, 0.6) is 5.75 Å². The van der Waals surface area contributed by atoms with E-state index in [9.17, 15) is 0 Å². The minimum Gasteiger partial charge on any atom is -0.489 e. The first-order valence-corrected chi connectivity index (χ1v) is 7.93. The molecule has 5 nitrogen and oxygen atoms in total. The molecule has 0 spiro atoms. The van der Waals surface area contributed by atoms with E-state index in [4.69, 9.17) is 4.74 Å². The number of aryl methyl sites for hydroxylation is 1. The van der Waals surface area contributed by atoms with Crippen molar-refractivity contribution < 1.29 is 4.74 Å². The van der Waals surface area contributed by atoms with E-state index in [1.54, 1.807) is 12.4 Å². The van der Waals surface area contributed by atoms with E-state index in [0.29, 0.717) is 0 Å². The van der Waals surface area contributed by atoms with Crippen LogP contribution in [-0.2, 0) is 13.0 Å². The Hall–Kier alpha value is -2.01. The summed E-state index contributed by atoms with van der Waals surface area (Å²) in [6.07, 6.45) is 8.66. The minimum absolute atomic E-state index is 0.289. The lowest BCUT2D eigenvalue weighted by Gasteiger charge is -2.31. The second-order valence-electron chi connectivity index (χ2n) is 5.60. The van der Waals surface area contributed by atoms with Crippen LogP contribution in [-0.4, -0.2) is 39.0 Å². The molecular weight excluding hydrogens is 276 g/mol. The first-order chi connectivity index (χ1) is 10.8. The van der Waals surface area contributed by atoms with E-state index >= 15 is 0 Å². The molecule has 3 heterocycles. The van der Waals surface area contributed by atoms with Gasteiger partial charge >= 0.3 is 0 Å². The highest BCUT2D eigenvalue weighted by Gasteiger charge is 2.21. The number of piperidine rings is 1. The maximum atomic E-state index is 5.98. The zero-order chi connectivity index (χ0) is 15.2. The fraction of sp³-hybridized carbons (Fsp3) is 0.471. The molecule has 5 heteroatoms. The minimum atomic E-state index is 0.289. The average Bonchev–Trinajstić information content (AvgIpc) is 2.58. The number of likely N-dealkylation sites (tertiary alicyclic amines) is 1. The predicted octanol–water partition coefficient (Wildman–Crippen LogP) is 2.48. The Morgan fingerprint density at radius 1 is 1.23 bits per heavy atom. The van der Waals surface area contributed by atoms with E-state index in [-0.39, 0.29) is 6.10 Å². The molecule has 116 valence electrons. The van der Waals surface area contributed by atoms with E-state index < -0.39 is 0 Å². The fourth-order valence-electron chi connectivity index (χ4n) is 2.72. The third-order valence-corrected chi connectivity index (χ3v) is 3.94. The lowest BCUT2D eigenvalue weighted by atomic mass is 10.1. The van der Waals surface area contributed by atoms with Gasteiger partial charge < -0.3 is 4.74 Å². The Labute approximate surface area is 131 Å². The van der Waals surface area contributed by atoms with Crippen LogP contribution < -0.4 is 4.74 Å². The van der Waals surface area contributed by atoms with Crippen LogP contribution in [0.4, 0.5) is 0 Å². The number of nitrogens with zero attached hydrogens (tertiary/aromatic N) is 4. The zero-order valence-electron chi connectivity index (χ0n) is 13.0. The van der Waals surface area contributed by atoms with Crippen molar-refractivity contribution in [1.29, 1.82) is 0 Å². The van der Waals surface area contributed by atoms with Crippen molar-refractivity contribution in [2.24, 2.45) is 0 Å². The van der Waals surface area contributed by atoms with Gasteiger partial charge in [0.2, 0.25) is 0 Å². The molecule has 2 aromatic heterocycles. The monoisotopic (exact) mass is 298 g/mol. The van der Waals surface area contributed by atoms with Gasteiger partial charge in [0, 0.05) is 38.4 Å². The van der Waals surface area contributed by atoms with Gasteiger partial charge in [0.15, 0.2) is 0 Å². The molecule has 0 radical (unpaired) electrons. The van der Waals surface area contributed by atoms with Crippen LogP contribution in [0.25, 0.3) is 0 Å². The van der Waals surface area contributed by atoms with Crippen LogP contribution in [0.3, 0.4) is 0 Å². The number of pyridine rings is 1. The van der Waals surface area contributed by atoms with Crippen molar-refractivity contribution in [3.63, 3.8) is 0 Å². The maximum absolute atomic E-state index is 5.98. The Balaban J connectivity index is 1.49. The molecule has 3 rings (SSSR count). The Morgan fingerprint density at radius 2 is 2.09 bits per heavy atom. The highest BCUT2D eigenvalue weighted by atomic mass is 16.5. The van der Waals surface area contributed by atoms with Gasteiger partial charge in [-0.3, -0.25) is 9.88 Å². The highest BCUT2D eigenvalue weighted by Crippen LogP contribution is 2.18. The van der Waals surface area contributed by atoms with E-state index in [0.717, 1.165) is 56.2 Å². The summed E-state index contributed by atoms with van der Waals surface area (Å²) >= 11 is 0. The summed E-state index contributed by atoms with van der Waals surface area (Å²) in [5, 5.41) is 0. The van der Waals surface area contributed by atoms with Crippen molar-refractivity contribution in [2.45, 2.75) is 38.8 Å².